The molecule has 0 saturated heterocycles. The second kappa shape index (κ2) is 9.86. The molecule has 36 heavy (non-hydrogen) atoms. The third-order valence-corrected chi connectivity index (χ3v) is 13.3. The molecule has 1 aliphatic heterocycles. The molecule has 3 aliphatic rings. The van der Waals surface area contributed by atoms with Gasteiger partial charge >= 0.3 is 6.03 Å². The molecule has 194 valence electrons. The molecule has 6 heteroatoms. The number of fused-ring (bicyclic) bond motifs is 4. The lowest BCUT2D eigenvalue weighted by atomic mass is 9.86. The molecule has 2 aromatic rings. The molecule has 2 aromatic carbocycles. The van der Waals surface area contributed by atoms with Gasteiger partial charge in [-0.05, 0) is 91.4 Å². The summed E-state index contributed by atoms with van der Waals surface area (Å²) in [6, 6.07) is 10.5. The van der Waals surface area contributed by atoms with Crippen molar-refractivity contribution in [1.82, 2.24) is 5.32 Å². The Morgan fingerprint density at radius 2 is 1.78 bits per heavy atom. The Hall–Kier alpha value is -2.31. The summed E-state index contributed by atoms with van der Waals surface area (Å²) in [5.41, 5.74) is 7.35. The minimum absolute atomic E-state index is 0.0322. The van der Waals surface area contributed by atoms with E-state index in [9.17, 15) is 4.79 Å². The Balaban J connectivity index is 1.29. The van der Waals surface area contributed by atoms with Crippen molar-refractivity contribution in [3.8, 4) is 5.75 Å². The van der Waals surface area contributed by atoms with Crippen LogP contribution in [0.4, 0.5) is 10.5 Å². The van der Waals surface area contributed by atoms with E-state index in [1.54, 1.807) is 0 Å². The van der Waals surface area contributed by atoms with Crippen LogP contribution in [0, 0.1) is 0 Å². The number of amides is 2. The number of aryl methyl sites for hydroxylation is 2. The van der Waals surface area contributed by atoms with Crippen LogP contribution in [0.1, 0.15) is 80.3 Å². The molecule has 0 radical (unpaired) electrons. The molecule has 5 nitrogen and oxygen atoms in total. The van der Waals surface area contributed by atoms with Gasteiger partial charge in [-0.3, -0.25) is 0 Å². The molecule has 0 saturated carbocycles. The number of ether oxygens (including phenoxy) is 1. The van der Waals surface area contributed by atoms with Crippen molar-refractivity contribution >= 4 is 20.0 Å². The molecule has 0 fully saturated rings. The third-order valence-electron chi connectivity index (χ3n) is 8.80. The van der Waals surface area contributed by atoms with Crippen LogP contribution in [0.2, 0.25) is 18.1 Å². The Kier molecular flexibility index (Phi) is 6.94. The molecule has 2 unspecified atom stereocenters. The highest BCUT2D eigenvalue weighted by Crippen LogP contribution is 2.41. The number of rotatable bonds is 4. The first-order chi connectivity index (χ1) is 17.1. The maximum atomic E-state index is 13.2. The first-order valence-electron chi connectivity index (χ1n) is 13.8. The Morgan fingerprint density at radius 1 is 1.00 bits per heavy atom. The van der Waals surface area contributed by atoms with E-state index < -0.39 is 8.32 Å². The van der Waals surface area contributed by atoms with E-state index in [0.29, 0.717) is 6.61 Å². The number of carbonyl (C=O) groups excluding carboxylic acids is 1. The third kappa shape index (κ3) is 5.07. The van der Waals surface area contributed by atoms with E-state index >= 15 is 0 Å². The van der Waals surface area contributed by atoms with Crippen LogP contribution in [0.5, 0.6) is 5.75 Å². The molecule has 2 atom stereocenters. The Bertz CT molecular complexity index is 1140. The molecule has 5 rings (SSSR count). The predicted molar refractivity (Wildman–Crippen MR) is 149 cm³/mol. The van der Waals surface area contributed by atoms with Gasteiger partial charge in [0.25, 0.3) is 0 Å². The lowest BCUT2D eigenvalue weighted by molar-refractivity contribution is 0.165. The summed E-state index contributed by atoms with van der Waals surface area (Å²) in [7, 11) is -1.85. The van der Waals surface area contributed by atoms with Gasteiger partial charge < -0.3 is 19.8 Å². The summed E-state index contributed by atoms with van der Waals surface area (Å²) in [6.07, 6.45) is 8.54. The highest BCUT2D eigenvalue weighted by Gasteiger charge is 2.40. The van der Waals surface area contributed by atoms with Gasteiger partial charge in [0.1, 0.15) is 5.75 Å². The van der Waals surface area contributed by atoms with Crippen molar-refractivity contribution in [2.45, 2.75) is 102 Å². The predicted octanol–water partition coefficient (Wildman–Crippen LogP) is 7.09. The minimum Gasteiger partial charge on any atom is -0.493 e. The van der Waals surface area contributed by atoms with Gasteiger partial charge in [-0.2, -0.15) is 0 Å². The molecule has 0 spiro atoms. The van der Waals surface area contributed by atoms with Crippen molar-refractivity contribution in [2.24, 2.45) is 0 Å². The fourth-order valence-corrected chi connectivity index (χ4v) is 7.11. The Labute approximate surface area is 217 Å². The summed E-state index contributed by atoms with van der Waals surface area (Å²) in [4.78, 5) is 13.2. The number of benzene rings is 2. The van der Waals surface area contributed by atoms with Crippen molar-refractivity contribution in [3.63, 3.8) is 0 Å². The number of carbonyl (C=O) groups is 1. The molecule has 0 bridgehead atoms. The maximum Gasteiger partial charge on any atom is 0.319 e. The van der Waals surface area contributed by atoms with Gasteiger partial charge in [0, 0.05) is 23.8 Å². The first kappa shape index (κ1) is 25.3. The van der Waals surface area contributed by atoms with Crippen LogP contribution >= 0.6 is 0 Å². The van der Waals surface area contributed by atoms with Gasteiger partial charge in [-0.1, -0.05) is 45.0 Å². The SMILES string of the molecule is CC(C)(C)[Si](C)(C)OC1CCc2cccc(NC(=O)NC3CCOc4c3ccc3c4CCCC3)c2C1. The van der Waals surface area contributed by atoms with Gasteiger partial charge in [0.15, 0.2) is 8.32 Å². The largest absolute Gasteiger partial charge is 0.493 e. The van der Waals surface area contributed by atoms with Crippen LogP contribution in [0.25, 0.3) is 0 Å². The van der Waals surface area contributed by atoms with E-state index in [1.165, 1.54) is 35.1 Å². The average molecular weight is 507 g/mol. The van der Waals surface area contributed by atoms with Crippen molar-refractivity contribution in [1.29, 1.82) is 0 Å². The van der Waals surface area contributed by atoms with Crippen molar-refractivity contribution in [3.05, 3.63) is 58.1 Å². The summed E-state index contributed by atoms with van der Waals surface area (Å²) in [6.45, 7) is 12.2. The maximum absolute atomic E-state index is 13.2. The van der Waals surface area contributed by atoms with E-state index in [-0.39, 0.29) is 23.2 Å². The molecule has 2 N–H and O–H groups in total. The number of hydrogen-bond acceptors (Lipinski definition) is 3. The van der Waals surface area contributed by atoms with Gasteiger partial charge in [-0.15, -0.1) is 0 Å². The summed E-state index contributed by atoms with van der Waals surface area (Å²) >= 11 is 0. The highest BCUT2D eigenvalue weighted by atomic mass is 28.4. The van der Waals surface area contributed by atoms with E-state index in [1.807, 2.05) is 6.07 Å². The normalized spacial score (nSPS) is 21.5. The fraction of sp³-hybridized carbons (Fsp3) is 0.567. The van der Waals surface area contributed by atoms with Crippen LogP contribution < -0.4 is 15.4 Å². The highest BCUT2D eigenvalue weighted by molar-refractivity contribution is 6.74. The number of hydrogen-bond donors (Lipinski definition) is 2. The van der Waals surface area contributed by atoms with Crippen molar-refractivity contribution in [2.75, 3.05) is 11.9 Å². The quantitative estimate of drug-likeness (QED) is 0.435. The summed E-state index contributed by atoms with van der Waals surface area (Å²) in [5, 5.41) is 6.63. The van der Waals surface area contributed by atoms with Crippen LogP contribution in [-0.2, 0) is 30.1 Å². The zero-order valence-corrected chi connectivity index (χ0v) is 23.6. The lowest BCUT2D eigenvalue weighted by Crippen LogP contribution is -2.45. The first-order valence-corrected chi connectivity index (χ1v) is 16.7. The molecule has 1 heterocycles. The second-order valence-electron chi connectivity index (χ2n) is 12.3. The van der Waals surface area contributed by atoms with E-state index in [0.717, 1.165) is 55.5 Å². The second-order valence-corrected chi connectivity index (χ2v) is 17.1. The van der Waals surface area contributed by atoms with E-state index in [4.69, 9.17) is 9.16 Å². The van der Waals surface area contributed by atoms with Gasteiger partial charge in [-0.25, -0.2) is 4.79 Å². The van der Waals surface area contributed by atoms with Gasteiger partial charge in [0.05, 0.1) is 12.6 Å². The zero-order chi connectivity index (χ0) is 25.5. The molecular formula is C30H42N2O3Si. The fourth-order valence-electron chi connectivity index (χ4n) is 5.73. The summed E-state index contributed by atoms with van der Waals surface area (Å²) < 4.78 is 12.9. The van der Waals surface area contributed by atoms with E-state index in [2.05, 4.69) is 68.8 Å². The van der Waals surface area contributed by atoms with Crippen LogP contribution in [0.15, 0.2) is 30.3 Å². The summed E-state index contributed by atoms with van der Waals surface area (Å²) in [5.74, 6) is 1.02. The molecule has 2 amide bonds. The molecular weight excluding hydrogens is 464 g/mol. The molecule has 0 aromatic heterocycles. The molecule has 2 aliphatic carbocycles. The number of anilines is 1. The number of nitrogens with one attached hydrogen (secondary N) is 2. The van der Waals surface area contributed by atoms with Gasteiger partial charge in [0.2, 0.25) is 0 Å². The van der Waals surface area contributed by atoms with Crippen LogP contribution in [0.3, 0.4) is 0 Å². The monoisotopic (exact) mass is 506 g/mol. The average Bonchev–Trinajstić information content (AvgIpc) is 2.83. The minimum atomic E-state index is -1.85. The van der Waals surface area contributed by atoms with Crippen LogP contribution in [-0.4, -0.2) is 27.1 Å². The Morgan fingerprint density at radius 3 is 2.58 bits per heavy atom. The zero-order valence-electron chi connectivity index (χ0n) is 22.6. The van der Waals surface area contributed by atoms with Crippen molar-refractivity contribution < 1.29 is 14.0 Å². The smallest absolute Gasteiger partial charge is 0.319 e. The number of urea groups is 1. The standard InChI is InChI=1S/C30H42N2O3Si/c1-30(2,3)36(4,5)35-22-15-13-21-10-8-12-26(25(21)19-22)31-29(33)32-27-17-18-34-28-23-11-7-6-9-20(23)14-16-24(27)28/h8,10,12,14,16,22,27H,6-7,9,11,13,15,17-19H2,1-5H3,(H2,31,32,33). The lowest BCUT2D eigenvalue weighted by Gasteiger charge is -2.40. The topological polar surface area (TPSA) is 59.6 Å².